The molecule has 1 heterocycles. The van der Waals surface area contributed by atoms with Crippen molar-refractivity contribution in [2.75, 3.05) is 6.61 Å². The summed E-state index contributed by atoms with van der Waals surface area (Å²) in [5, 5.41) is 0. The number of unbranched alkanes of at least 4 members (excludes halogenated alkanes) is 3. The zero-order valence-electron chi connectivity index (χ0n) is 14.0. The number of imide groups is 1. The van der Waals surface area contributed by atoms with Crippen LogP contribution in [-0.4, -0.2) is 29.5 Å². The van der Waals surface area contributed by atoms with Crippen molar-refractivity contribution in [2.24, 2.45) is 0 Å². The van der Waals surface area contributed by atoms with Gasteiger partial charge in [-0.2, -0.15) is 0 Å². The van der Waals surface area contributed by atoms with Gasteiger partial charge in [0.2, 0.25) is 0 Å². The first-order chi connectivity index (χ1) is 11.1. The predicted molar refractivity (Wildman–Crippen MR) is 90.0 cm³/mol. The first-order valence-corrected chi connectivity index (χ1v) is 8.34. The second-order valence-corrected chi connectivity index (χ2v) is 5.98. The highest BCUT2D eigenvalue weighted by molar-refractivity contribution is 6.03. The van der Waals surface area contributed by atoms with Gasteiger partial charge in [-0.15, -0.1) is 0 Å². The molecule has 0 N–H and O–H groups in total. The smallest absolute Gasteiger partial charge is 0.417 e. The molecule has 1 aromatic carbocycles. The Bertz CT molecular complexity index is 565. The van der Waals surface area contributed by atoms with Crippen LogP contribution in [0, 0.1) is 0 Å². The normalized spacial score (nSPS) is 18.2. The lowest BCUT2D eigenvalue weighted by molar-refractivity contribution is -0.125. The fourth-order valence-electron chi connectivity index (χ4n) is 2.74. The van der Waals surface area contributed by atoms with E-state index in [9.17, 15) is 9.59 Å². The van der Waals surface area contributed by atoms with E-state index in [1.807, 2.05) is 36.4 Å². The predicted octanol–water partition coefficient (Wildman–Crippen LogP) is 4.10. The fraction of sp³-hybridized carbons (Fsp3) is 0.474. The molecule has 0 spiro atoms. The van der Waals surface area contributed by atoms with Crippen molar-refractivity contribution in [1.29, 1.82) is 0 Å². The van der Waals surface area contributed by atoms with Crippen molar-refractivity contribution in [3.05, 3.63) is 47.5 Å². The number of hydrogen-bond donors (Lipinski definition) is 0. The van der Waals surface area contributed by atoms with Crippen molar-refractivity contribution in [3.8, 4) is 0 Å². The lowest BCUT2D eigenvalue weighted by atomic mass is 10.0. The molecule has 1 aliphatic heterocycles. The Balaban J connectivity index is 2.02. The minimum absolute atomic E-state index is 0.226. The lowest BCUT2D eigenvalue weighted by Gasteiger charge is -2.20. The Kier molecular flexibility index (Phi) is 6.39. The van der Waals surface area contributed by atoms with Crippen LogP contribution < -0.4 is 0 Å². The van der Waals surface area contributed by atoms with E-state index in [0.717, 1.165) is 31.2 Å². The molecule has 2 rings (SSSR count). The molecule has 23 heavy (non-hydrogen) atoms. The van der Waals surface area contributed by atoms with Crippen molar-refractivity contribution in [1.82, 2.24) is 4.90 Å². The molecule has 1 atom stereocenters. The zero-order chi connectivity index (χ0) is 16.7. The highest BCUT2D eigenvalue weighted by Gasteiger charge is 2.38. The Morgan fingerprint density at radius 2 is 2.04 bits per heavy atom. The summed E-state index contributed by atoms with van der Waals surface area (Å²) in [6.07, 6.45) is 6.28. The van der Waals surface area contributed by atoms with Crippen molar-refractivity contribution in [3.63, 3.8) is 0 Å². The minimum Gasteiger partial charge on any atom is -0.447 e. The van der Waals surface area contributed by atoms with Crippen LogP contribution in [0.25, 0.3) is 0 Å². The zero-order valence-corrected chi connectivity index (χ0v) is 14.0. The standard InChI is InChI=1S/C19H25NO3/c1-3-4-5-7-10-15(2)18(21)20-17(14-23-19(20)22)13-16-11-8-6-9-12-16/h6,8-12,17H,3-5,7,13-14H2,1-2H3/t17-/m0/s1. The van der Waals surface area contributed by atoms with Gasteiger partial charge in [0.25, 0.3) is 5.91 Å². The number of ether oxygens (including phenoxy) is 1. The summed E-state index contributed by atoms with van der Waals surface area (Å²) in [5.41, 5.74) is 1.72. The number of benzene rings is 1. The van der Waals surface area contributed by atoms with E-state index in [2.05, 4.69) is 6.92 Å². The third kappa shape index (κ3) is 4.68. The maximum atomic E-state index is 12.6. The number of hydrogen-bond acceptors (Lipinski definition) is 3. The van der Waals surface area contributed by atoms with Gasteiger partial charge >= 0.3 is 6.09 Å². The number of cyclic esters (lactones) is 1. The molecule has 1 aliphatic rings. The summed E-state index contributed by atoms with van der Waals surface area (Å²) < 4.78 is 5.10. The van der Waals surface area contributed by atoms with Gasteiger partial charge in [0, 0.05) is 5.57 Å². The molecule has 2 amide bonds. The quantitative estimate of drug-likeness (QED) is 0.562. The van der Waals surface area contributed by atoms with E-state index < -0.39 is 6.09 Å². The average Bonchev–Trinajstić information content (AvgIpc) is 2.92. The summed E-state index contributed by atoms with van der Waals surface area (Å²) >= 11 is 0. The van der Waals surface area contributed by atoms with Crippen molar-refractivity contribution >= 4 is 12.0 Å². The molecule has 4 nitrogen and oxygen atoms in total. The summed E-state index contributed by atoms with van der Waals surface area (Å²) in [6.45, 7) is 4.19. The van der Waals surface area contributed by atoms with Crippen molar-refractivity contribution in [2.45, 2.75) is 52.0 Å². The number of amides is 2. The van der Waals surface area contributed by atoms with E-state index in [1.165, 1.54) is 4.90 Å². The third-order valence-corrected chi connectivity index (χ3v) is 4.09. The topological polar surface area (TPSA) is 46.6 Å². The van der Waals surface area contributed by atoms with Gasteiger partial charge in [0.1, 0.15) is 6.61 Å². The van der Waals surface area contributed by atoms with Gasteiger partial charge in [0.15, 0.2) is 0 Å². The van der Waals surface area contributed by atoms with Gasteiger partial charge in [0.05, 0.1) is 6.04 Å². The monoisotopic (exact) mass is 315 g/mol. The Morgan fingerprint density at radius 3 is 2.74 bits per heavy atom. The van der Waals surface area contributed by atoms with E-state index in [-0.39, 0.29) is 18.6 Å². The van der Waals surface area contributed by atoms with Gasteiger partial charge in [-0.3, -0.25) is 4.79 Å². The average molecular weight is 315 g/mol. The van der Waals surface area contributed by atoms with Gasteiger partial charge in [-0.1, -0.05) is 56.2 Å². The number of carbonyl (C=O) groups excluding carboxylic acids is 2. The largest absolute Gasteiger partial charge is 0.447 e. The number of nitrogens with zero attached hydrogens (tertiary/aromatic N) is 1. The molecule has 1 aromatic rings. The Hall–Kier alpha value is -2.10. The summed E-state index contributed by atoms with van der Waals surface area (Å²) in [5.74, 6) is -0.232. The molecule has 4 heteroatoms. The maximum Gasteiger partial charge on any atom is 0.417 e. The highest BCUT2D eigenvalue weighted by atomic mass is 16.6. The number of allylic oxidation sites excluding steroid dienone is 1. The molecule has 0 saturated carbocycles. The first-order valence-electron chi connectivity index (χ1n) is 8.34. The Labute approximate surface area is 138 Å². The molecule has 1 fully saturated rings. The van der Waals surface area contributed by atoms with E-state index in [0.29, 0.717) is 12.0 Å². The van der Waals surface area contributed by atoms with Gasteiger partial charge in [-0.05, 0) is 31.7 Å². The molecule has 0 aliphatic carbocycles. The van der Waals surface area contributed by atoms with Gasteiger partial charge in [-0.25, -0.2) is 9.69 Å². The molecule has 124 valence electrons. The van der Waals surface area contributed by atoms with Crippen LogP contribution >= 0.6 is 0 Å². The molecular formula is C19H25NO3. The van der Waals surface area contributed by atoms with Crippen LogP contribution in [0.2, 0.25) is 0 Å². The van der Waals surface area contributed by atoms with Crippen LogP contribution in [0.15, 0.2) is 42.0 Å². The van der Waals surface area contributed by atoms with Crippen LogP contribution in [-0.2, 0) is 16.0 Å². The third-order valence-electron chi connectivity index (χ3n) is 4.09. The lowest BCUT2D eigenvalue weighted by Crippen LogP contribution is -2.40. The Morgan fingerprint density at radius 1 is 1.30 bits per heavy atom. The summed E-state index contributed by atoms with van der Waals surface area (Å²) in [7, 11) is 0. The van der Waals surface area contributed by atoms with E-state index in [4.69, 9.17) is 4.74 Å². The second kappa shape index (κ2) is 8.51. The molecular weight excluding hydrogens is 290 g/mol. The van der Waals surface area contributed by atoms with Crippen LogP contribution in [0.5, 0.6) is 0 Å². The van der Waals surface area contributed by atoms with Crippen LogP contribution in [0.3, 0.4) is 0 Å². The minimum atomic E-state index is -0.530. The number of rotatable bonds is 7. The number of carbonyl (C=O) groups is 2. The molecule has 0 unspecified atom stereocenters. The van der Waals surface area contributed by atoms with Gasteiger partial charge < -0.3 is 4.74 Å². The van der Waals surface area contributed by atoms with E-state index >= 15 is 0 Å². The van der Waals surface area contributed by atoms with Crippen molar-refractivity contribution < 1.29 is 14.3 Å². The molecule has 0 aromatic heterocycles. The second-order valence-electron chi connectivity index (χ2n) is 5.98. The first kappa shape index (κ1) is 17.3. The summed E-state index contributed by atoms with van der Waals surface area (Å²) in [4.78, 5) is 25.8. The maximum absolute atomic E-state index is 12.6. The SMILES string of the molecule is CCCCCC=C(C)C(=O)N1C(=O)OC[C@@H]1Cc1ccccc1. The molecule has 1 saturated heterocycles. The highest BCUT2D eigenvalue weighted by Crippen LogP contribution is 2.20. The van der Waals surface area contributed by atoms with E-state index in [1.54, 1.807) is 6.92 Å². The molecule has 0 radical (unpaired) electrons. The fourth-order valence-corrected chi connectivity index (χ4v) is 2.74. The van der Waals surface area contributed by atoms with Crippen LogP contribution in [0.1, 0.15) is 45.1 Å². The van der Waals surface area contributed by atoms with Crippen LogP contribution in [0.4, 0.5) is 4.79 Å². The summed E-state index contributed by atoms with van der Waals surface area (Å²) in [6, 6.07) is 9.64. The molecule has 0 bridgehead atoms.